The molecule has 0 spiro atoms. The maximum absolute atomic E-state index is 10.4. The third-order valence-electron chi connectivity index (χ3n) is 5.27. The second kappa shape index (κ2) is 17.9. The summed E-state index contributed by atoms with van der Waals surface area (Å²) in [4.78, 5) is 35.7. The van der Waals surface area contributed by atoms with E-state index in [0.29, 0.717) is 5.75 Å². The summed E-state index contributed by atoms with van der Waals surface area (Å²) in [5, 5.41) is 47.3. The van der Waals surface area contributed by atoms with E-state index in [1.807, 2.05) is 69.3 Å². The molecular weight excluding hydrogens is 583 g/mol. The van der Waals surface area contributed by atoms with Crippen molar-refractivity contribution in [1.29, 1.82) is 0 Å². The number of carbonyl (C=O) groups excluding carboxylic acids is 3. The van der Waals surface area contributed by atoms with Gasteiger partial charge in [0, 0.05) is 52.6 Å². The number of hydrogen-bond donors (Lipinski definition) is 2. The fourth-order valence-corrected chi connectivity index (χ4v) is 3.33. The van der Waals surface area contributed by atoms with Crippen LogP contribution in [0.5, 0.6) is 11.5 Å². The fourth-order valence-electron chi connectivity index (χ4n) is 3.33. The van der Waals surface area contributed by atoms with E-state index in [4.69, 9.17) is 29.7 Å². The monoisotopic (exact) mass is 614 g/mol. The molecule has 2 aromatic carbocycles. The fraction of sp³-hybridized carbons (Fsp3) is 0.194. The van der Waals surface area contributed by atoms with Crippen molar-refractivity contribution in [3.05, 3.63) is 83.7 Å². The zero-order valence-corrected chi connectivity index (χ0v) is 25.1. The van der Waals surface area contributed by atoms with Crippen LogP contribution in [0.25, 0.3) is 33.6 Å². The number of aromatic hydroxyl groups is 2. The van der Waals surface area contributed by atoms with E-state index in [1.54, 1.807) is 18.5 Å². The number of nitrogens with zero attached hydrogens (tertiary/aromatic N) is 2. The van der Waals surface area contributed by atoms with Crippen LogP contribution in [0.3, 0.4) is 0 Å². The summed E-state index contributed by atoms with van der Waals surface area (Å²) in [7, 11) is 0. The summed E-state index contributed by atoms with van der Waals surface area (Å²) in [6.07, 6.45) is 3.49. The Kier molecular flexibility index (Phi) is 15.8. The SMILES string of the molecule is CC(=O)[O-].CC(=O)[O-].CC(=O)[O-].Cc1ccc(-c2ccc(-c3ccc(-c4ccc(C)c(C)c4O)cn3)nc2)c(O)c1.[Mn+3]. The van der Waals surface area contributed by atoms with Crippen molar-refractivity contribution in [3.8, 4) is 45.1 Å². The minimum atomic E-state index is -1.08. The van der Waals surface area contributed by atoms with Gasteiger partial charge in [0.1, 0.15) is 11.5 Å². The summed E-state index contributed by atoms with van der Waals surface area (Å²) in [5.41, 5.74) is 7.66. The Morgan fingerprint density at radius 2 is 1.05 bits per heavy atom. The number of carboxylic acids is 3. The number of phenolic OH excluding ortho intramolecular Hbond substituents is 2. The molecule has 2 N–H and O–H groups in total. The Bertz CT molecular complexity index is 1450. The zero-order valence-electron chi connectivity index (χ0n) is 24.0. The molecule has 4 rings (SSSR count). The first-order chi connectivity index (χ1) is 19.1. The zero-order chi connectivity index (χ0) is 31.3. The molecule has 0 amide bonds. The van der Waals surface area contributed by atoms with E-state index in [0.717, 1.165) is 71.1 Å². The summed E-state index contributed by atoms with van der Waals surface area (Å²) in [6, 6.07) is 17.2. The average Bonchev–Trinajstić information content (AvgIpc) is 2.87. The number of aromatic nitrogens is 2. The van der Waals surface area contributed by atoms with Gasteiger partial charge in [-0.3, -0.25) is 9.97 Å². The van der Waals surface area contributed by atoms with Crippen LogP contribution in [0.2, 0.25) is 0 Å². The van der Waals surface area contributed by atoms with E-state index in [2.05, 4.69) is 9.97 Å². The smallest absolute Gasteiger partial charge is 0.550 e. The Balaban J connectivity index is 0.00000111. The molecule has 10 nitrogen and oxygen atoms in total. The number of aryl methyl sites for hydroxylation is 2. The maximum Gasteiger partial charge on any atom is 3.00 e. The van der Waals surface area contributed by atoms with Gasteiger partial charge in [0.15, 0.2) is 0 Å². The summed E-state index contributed by atoms with van der Waals surface area (Å²) >= 11 is 0. The van der Waals surface area contributed by atoms with E-state index in [9.17, 15) is 10.2 Å². The van der Waals surface area contributed by atoms with Gasteiger partial charge >= 0.3 is 17.1 Å². The molecule has 220 valence electrons. The number of pyridine rings is 2. The molecule has 0 aliphatic heterocycles. The predicted octanol–water partition coefficient (Wildman–Crippen LogP) is 2.08. The topological polar surface area (TPSA) is 187 Å². The van der Waals surface area contributed by atoms with E-state index >= 15 is 0 Å². The van der Waals surface area contributed by atoms with E-state index in [-0.39, 0.29) is 22.8 Å². The van der Waals surface area contributed by atoms with Crippen molar-refractivity contribution < 1.29 is 57.0 Å². The van der Waals surface area contributed by atoms with Crippen LogP contribution >= 0.6 is 0 Å². The van der Waals surface area contributed by atoms with Crippen molar-refractivity contribution >= 4 is 17.9 Å². The molecule has 0 bridgehead atoms. The van der Waals surface area contributed by atoms with Crippen molar-refractivity contribution in [2.75, 3.05) is 0 Å². The van der Waals surface area contributed by atoms with Gasteiger partial charge in [-0.05, 0) is 76.4 Å². The van der Waals surface area contributed by atoms with Crippen LogP contribution in [-0.2, 0) is 31.5 Å². The third kappa shape index (κ3) is 12.6. The third-order valence-corrected chi connectivity index (χ3v) is 5.27. The van der Waals surface area contributed by atoms with E-state index in [1.165, 1.54) is 0 Å². The minimum absolute atomic E-state index is 0. The molecule has 0 saturated carbocycles. The second-order valence-electron chi connectivity index (χ2n) is 8.76. The molecule has 0 aliphatic carbocycles. The Morgan fingerprint density at radius 3 is 1.43 bits per heavy atom. The van der Waals surface area contributed by atoms with E-state index < -0.39 is 17.9 Å². The first-order valence-corrected chi connectivity index (χ1v) is 12.2. The number of hydrogen-bond acceptors (Lipinski definition) is 10. The van der Waals surface area contributed by atoms with Gasteiger partial charge in [0.25, 0.3) is 0 Å². The summed E-state index contributed by atoms with van der Waals surface area (Å²) in [5.74, 6) is -2.71. The van der Waals surface area contributed by atoms with Crippen molar-refractivity contribution in [1.82, 2.24) is 9.97 Å². The molecule has 0 radical (unpaired) electrons. The molecule has 42 heavy (non-hydrogen) atoms. The van der Waals surface area contributed by atoms with Crippen LogP contribution in [0.4, 0.5) is 0 Å². The molecule has 2 aromatic heterocycles. The standard InChI is InChI=1S/C25H22N2O2.3C2H4O2.Mn/c1-15-4-8-20(24(28)12-15)18-6-10-22(26-13-18)23-11-7-19(14-27-23)21-9-5-16(2)17(3)25(21)29;3*1-2(3)4;/h4-14,28-29H,1-3H3;3*1H3,(H,3,4);/q;;;;+3/p-3. The predicted molar refractivity (Wildman–Crippen MR) is 148 cm³/mol. The van der Waals surface area contributed by atoms with Crippen LogP contribution in [0.15, 0.2) is 67.0 Å². The Morgan fingerprint density at radius 1 is 0.643 bits per heavy atom. The van der Waals surface area contributed by atoms with Gasteiger partial charge < -0.3 is 39.9 Å². The first-order valence-electron chi connectivity index (χ1n) is 12.2. The van der Waals surface area contributed by atoms with Gasteiger partial charge in [-0.1, -0.05) is 36.4 Å². The molecule has 0 atom stereocenters. The van der Waals surface area contributed by atoms with Crippen LogP contribution < -0.4 is 15.3 Å². The van der Waals surface area contributed by atoms with Crippen LogP contribution in [0, 0.1) is 20.8 Å². The van der Waals surface area contributed by atoms with Gasteiger partial charge in [-0.15, -0.1) is 0 Å². The summed E-state index contributed by atoms with van der Waals surface area (Å²) < 4.78 is 0. The molecule has 2 heterocycles. The van der Waals surface area contributed by atoms with Gasteiger partial charge in [-0.2, -0.15) is 0 Å². The number of aliphatic carboxylic acids is 3. The minimum Gasteiger partial charge on any atom is -0.550 e. The maximum atomic E-state index is 10.4. The number of rotatable bonds is 3. The molecule has 0 fully saturated rings. The van der Waals surface area contributed by atoms with Gasteiger partial charge in [0.2, 0.25) is 0 Å². The molecule has 0 aliphatic rings. The Labute approximate surface area is 254 Å². The summed E-state index contributed by atoms with van der Waals surface area (Å²) in [6.45, 7) is 8.75. The number of phenols is 2. The first kappa shape index (κ1) is 37.3. The Hall–Kier alpha value is -4.73. The second-order valence-corrected chi connectivity index (χ2v) is 8.76. The molecule has 4 aromatic rings. The van der Waals surface area contributed by atoms with Gasteiger partial charge in [-0.25, -0.2) is 0 Å². The quantitative estimate of drug-likeness (QED) is 0.324. The number of carbonyl (C=O) groups is 3. The average molecular weight is 615 g/mol. The molecule has 0 unspecified atom stereocenters. The number of benzene rings is 2. The largest absolute Gasteiger partial charge is 3.00 e. The molecule has 11 heteroatoms. The van der Waals surface area contributed by atoms with Crippen LogP contribution in [0.1, 0.15) is 37.5 Å². The normalized spacial score (nSPS) is 9.29. The van der Waals surface area contributed by atoms with Gasteiger partial charge in [0.05, 0.1) is 11.4 Å². The number of carboxylic acid groups (broad SMARTS) is 3. The molecule has 0 saturated heterocycles. The van der Waals surface area contributed by atoms with Crippen LogP contribution in [-0.4, -0.2) is 38.1 Å². The molecular formula is C31H31MnN2O8. The van der Waals surface area contributed by atoms with Crippen molar-refractivity contribution in [2.24, 2.45) is 0 Å². The van der Waals surface area contributed by atoms with Crippen molar-refractivity contribution in [2.45, 2.75) is 41.5 Å². The van der Waals surface area contributed by atoms with Crippen molar-refractivity contribution in [3.63, 3.8) is 0 Å².